The summed E-state index contributed by atoms with van der Waals surface area (Å²) in [4.78, 5) is 11.7. The predicted octanol–water partition coefficient (Wildman–Crippen LogP) is 2.64. The Bertz CT molecular complexity index is 351. The molecule has 3 heteroatoms. The second-order valence-corrected chi connectivity index (χ2v) is 5.11. The second-order valence-electron chi connectivity index (χ2n) is 5.11. The summed E-state index contributed by atoms with van der Waals surface area (Å²) in [7, 11) is 0. The molecule has 1 aromatic rings. The highest BCUT2D eigenvalue weighted by atomic mass is 16.1. The van der Waals surface area contributed by atoms with Crippen molar-refractivity contribution in [1.29, 1.82) is 0 Å². The van der Waals surface area contributed by atoms with Crippen molar-refractivity contribution in [3.63, 3.8) is 0 Å². The van der Waals surface area contributed by atoms with Gasteiger partial charge in [0, 0.05) is 12.5 Å². The van der Waals surface area contributed by atoms with Gasteiger partial charge in [-0.3, -0.25) is 4.79 Å². The molecule has 3 N–H and O–H groups in total. The first kappa shape index (κ1) is 15.7. The van der Waals surface area contributed by atoms with Gasteiger partial charge in [-0.15, -0.1) is 0 Å². The number of unbranched alkanes of at least 4 members (excludes halogenated alkanes) is 3. The van der Waals surface area contributed by atoms with E-state index in [9.17, 15) is 4.79 Å². The highest BCUT2D eigenvalue weighted by Gasteiger charge is 2.07. The van der Waals surface area contributed by atoms with Crippen molar-refractivity contribution in [3.8, 4) is 0 Å². The van der Waals surface area contributed by atoms with E-state index in [1.54, 1.807) is 0 Å². The number of hydrogen-bond donors (Lipinski definition) is 2. The summed E-state index contributed by atoms with van der Waals surface area (Å²) in [6, 6.07) is 10.4. The molecule has 0 aliphatic carbocycles. The zero-order chi connectivity index (χ0) is 13.9. The van der Waals surface area contributed by atoms with Crippen LogP contribution in [0.5, 0.6) is 0 Å². The van der Waals surface area contributed by atoms with E-state index in [0.717, 1.165) is 38.6 Å². The fourth-order valence-corrected chi connectivity index (χ4v) is 2.15. The monoisotopic (exact) mass is 262 g/mol. The van der Waals surface area contributed by atoms with Gasteiger partial charge in [0.25, 0.3) is 0 Å². The molecule has 1 rings (SSSR count). The average molecular weight is 262 g/mol. The van der Waals surface area contributed by atoms with Crippen molar-refractivity contribution in [1.82, 2.24) is 5.32 Å². The minimum atomic E-state index is 0.163. The molecule has 1 atom stereocenters. The van der Waals surface area contributed by atoms with E-state index in [0.29, 0.717) is 6.42 Å². The fourth-order valence-electron chi connectivity index (χ4n) is 2.15. The molecule has 0 spiro atoms. The number of carbonyl (C=O) groups is 1. The molecule has 0 aliphatic rings. The largest absolute Gasteiger partial charge is 0.353 e. The predicted molar refractivity (Wildman–Crippen MR) is 79.9 cm³/mol. The number of carbonyl (C=O) groups excluding carboxylic acids is 1. The lowest BCUT2D eigenvalue weighted by molar-refractivity contribution is -0.121. The van der Waals surface area contributed by atoms with Crippen molar-refractivity contribution >= 4 is 5.91 Å². The van der Waals surface area contributed by atoms with E-state index in [1.165, 1.54) is 5.56 Å². The Labute approximate surface area is 116 Å². The van der Waals surface area contributed by atoms with Crippen LogP contribution in [0, 0.1) is 0 Å². The summed E-state index contributed by atoms with van der Waals surface area (Å²) in [6.45, 7) is 2.81. The van der Waals surface area contributed by atoms with Crippen LogP contribution in [-0.4, -0.2) is 18.5 Å². The number of rotatable bonds is 9. The minimum absolute atomic E-state index is 0.163. The first-order valence-corrected chi connectivity index (χ1v) is 7.25. The van der Waals surface area contributed by atoms with Gasteiger partial charge in [-0.25, -0.2) is 0 Å². The Hall–Kier alpha value is -1.35. The van der Waals surface area contributed by atoms with Gasteiger partial charge in [-0.1, -0.05) is 43.2 Å². The van der Waals surface area contributed by atoms with Crippen molar-refractivity contribution in [2.24, 2.45) is 5.73 Å². The highest BCUT2D eigenvalue weighted by Crippen LogP contribution is 2.05. The molecule has 0 aliphatic heterocycles. The molecule has 0 aromatic heterocycles. The van der Waals surface area contributed by atoms with Gasteiger partial charge in [-0.05, 0) is 38.3 Å². The molecule has 19 heavy (non-hydrogen) atoms. The standard InChI is InChI=1S/C16H26N2O/c1-14(13-15-9-5-4-6-10-15)18-16(19)11-7-2-3-8-12-17/h4-6,9-10,14H,2-3,7-8,11-13,17H2,1H3,(H,18,19). The summed E-state index contributed by atoms with van der Waals surface area (Å²) >= 11 is 0. The zero-order valence-corrected chi connectivity index (χ0v) is 11.9. The van der Waals surface area contributed by atoms with Crippen molar-refractivity contribution in [2.75, 3.05) is 6.54 Å². The molecule has 106 valence electrons. The number of hydrogen-bond acceptors (Lipinski definition) is 2. The number of benzene rings is 1. The highest BCUT2D eigenvalue weighted by molar-refractivity contribution is 5.76. The first-order valence-electron chi connectivity index (χ1n) is 7.25. The van der Waals surface area contributed by atoms with Crippen LogP contribution in [0.2, 0.25) is 0 Å². The zero-order valence-electron chi connectivity index (χ0n) is 11.9. The fraction of sp³-hybridized carbons (Fsp3) is 0.562. The number of nitrogens with one attached hydrogen (secondary N) is 1. The van der Waals surface area contributed by atoms with Crippen LogP contribution >= 0.6 is 0 Å². The quantitative estimate of drug-likeness (QED) is 0.672. The molecule has 0 radical (unpaired) electrons. The molecule has 1 unspecified atom stereocenters. The van der Waals surface area contributed by atoms with Gasteiger partial charge in [0.1, 0.15) is 0 Å². The summed E-state index contributed by atoms with van der Waals surface area (Å²) in [5, 5.41) is 3.06. The normalized spacial score (nSPS) is 12.1. The lowest BCUT2D eigenvalue weighted by Gasteiger charge is -2.14. The number of nitrogens with two attached hydrogens (primary N) is 1. The Morgan fingerprint density at radius 1 is 1.16 bits per heavy atom. The molecule has 1 aromatic carbocycles. The van der Waals surface area contributed by atoms with Gasteiger partial charge in [-0.2, -0.15) is 0 Å². The molecule has 0 heterocycles. The van der Waals surface area contributed by atoms with Crippen LogP contribution in [-0.2, 0) is 11.2 Å². The molecule has 3 nitrogen and oxygen atoms in total. The average Bonchev–Trinajstić information content (AvgIpc) is 2.39. The summed E-state index contributed by atoms with van der Waals surface area (Å²) in [6.07, 6.45) is 5.76. The van der Waals surface area contributed by atoms with Crippen molar-refractivity contribution in [3.05, 3.63) is 35.9 Å². The van der Waals surface area contributed by atoms with E-state index < -0.39 is 0 Å². The van der Waals surface area contributed by atoms with Gasteiger partial charge >= 0.3 is 0 Å². The van der Waals surface area contributed by atoms with Gasteiger partial charge < -0.3 is 11.1 Å². The maximum absolute atomic E-state index is 11.7. The second kappa shape index (κ2) is 9.56. The third-order valence-electron chi connectivity index (χ3n) is 3.15. The minimum Gasteiger partial charge on any atom is -0.353 e. The molecule has 0 saturated carbocycles. The van der Waals surface area contributed by atoms with Crippen LogP contribution in [0.4, 0.5) is 0 Å². The van der Waals surface area contributed by atoms with Gasteiger partial charge in [0.2, 0.25) is 5.91 Å². The molecular weight excluding hydrogens is 236 g/mol. The maximum Gasteiger partial charge on any atom is 0.220 e. The molecule has 1 amide bonds. The van der Waals surface area contributed by atoms with E-state index in [2.05, 4.69) is 24.4 Å². The Kier molecular flexibility index (Phi) is 7.91. The van der Waals surface area contributed by atoms with Crippen LogP contribution in [0.1, 0.15) is 44.6 Å². The van der Waals surface area contributed by atoms with E-state index >= 15 is 0 Å². The molecule has 0 fully saturated rings. The van der Waals surface area contributed by atoms with Gasteiger partial charge in [0.15, 0.2) is 0 Å². The van der Waals surface area contributed by atoms with E-state index in [-0.39, 0.29) is 11.9 Å². The molecular formula is C16H26N2O. The lowest BCUT2D eigenvalue weighted by Crippen LogP contribution is -2.33. The Balaban J connectivity index is 2.14. The lowest BCUT2D eigenvalue weighted by atomic mass is 10.1. The van der Waals surface area contributed by atoms with E-state index in [1.807, 2.05) is 18.2 Å². The van der Waals surface area contributed by atoms with Crippen LogP contribution in [0.25, 0.3) is 0 Å². The van der Waals surface area contributed by atoms with Crippen LogP contribution < -0.4 is 11.1 Å². The van der Waals surface area contributed by atoms with E-state index in [4.69, 9.17) is 5.73 Å². The third-order valence-corrected chi connectivity index (χ3v) is 3.15. The molecule has 0 bridgehead atoms. The topological polar surface area (TPSA) is 55.1 Å². The Morgan fingerprint density at radius 3 is 2.53 bits per heavy atom. The molecule has 0 saturated heterocycles. The summed E-state index contributed by atoms with van der Waals surface area (Å²) in [5.41, 5.74) is 6.69. The number of amides is 1. The SMILES string of the molecule is CC(Cc1ccccc1)NC(=O)CCCCCCN. The van der Waals surface area contributed by atoms with Gasteiger partial charge in [0.05, 0.1) is 0 Å². The van der Waals surface area contributed by atoms with Crippen molar-refractivity contribution in [2.45, 2.75) is 51.5 Å². The first-order chi connectivity index (χ1) is 9.22. The maximum atomic E-state index is 11.7. The summed E-state index contributed by atoms with van der Waals surface area (Å²) in [5.74, 6) is 0.163. The van der Waals surface area contributed by atoms with Crippen molar-refractivity contribution < 1.29 is 4.79 Å². The Morgan fingerprint density at radius 2 is 1.84 bits per heavy atom. The third kappa shape index (κ3) is 7.62. The van der Waals surface area contributed by atoms with Crippen LogP contribution in [0.15, 0.2) is 30.3 Å². The smallest absolute Gasteiger partial charge is 0.220 e. The van der Waals surface area contributed by atoms with Crippen LogP contribution in [0.3, 0.4) is 0 Å². The summed E-state index contributed by atoms with van der Waals surface area (Å²) < 4.78 is 0.